The molecule has 2 aromatic rings. The molecule has 2 rings (SSSR count). The van der Waals surface area contributed by atoms with Crippen molar-refractivity contribution in [2.45, 2.75) is 20.0 Å². The molecule has 0 bridgehead atoms. The second-order valence-electron chi connectivity index (χ2n) is 4.47. The van der Waals surface area contributed by atoms with Crippen molar-refractivity contribution in [2.75, 3.05) is 12.3 Å². The number of benzene rings is 1. The van der Waals surface area contributed by atoms with Crippen LogP contribution in [0.5, 0.6) is 0 Å². The van der Waals surface area contributed by atoms with E-state index in [9.17, 15) is 0 Å². The number of hydrogen-bond donors (Lipinski definition) is 1. The van der Waals surface area contributed by atoms with Crippen LogP contribution in [0.3, 0.4) is 0 Å². The summed E-state index contributed by atoms with van der Waals surface area (Å²) in [6, 6.07) is 9.70. The molecule has 0 radical (unpaired) electrons. The van der Waals surface area contributed by atoms with E-state index in [2.05, 4.69) is 16.8 Å². The third-order valence-corrected chi connectivity index (χ3v) is 3.49. The van der Waals surface area contributed by atoms with E-state index >= 15 is 0 Å². The maximum Gasteiger partial charge on any atom is 0.0471 e. The Labute approximate surface area is 119 Å². The van der Waals surface area contributed by atoms with Gasteiger partial charge in [-0.15, -0.1) is 0 Å². The highest BCUT2D eigenvalue weighted by atomic mass is 35.5. The van der Waals surface area contributed by atoms with Crippen LogP contribution >= 0.6 is 11.6 Å². The first-order valence-electron chi connectivity index (χ1n) is 6.34. The lowest BCUT2D eigenvalue weighted by Crippen LogP contribution is -2.23. The van der Waals surface area contributed by atoms with E-state index in [1.54, 1.807) is 0 Å². The second kappa shape index (κ2) is 6.55. The molecule has 0 saturated carbocycles. The molecule has 0 saturated heterocycles. The monoisotopic (exact) mass is 275 g/mol. The van der Waals surface area contributed by atoms with E-state index in [1.807, 2.05) is 42.7 Å². The molecule has 0 aliphatic carbocycles. The van der Waals surface area contributed by atoms with Crippen molar-refractivity contribution < 1.29 is 0 Å². The summed E-state index contributed by atoms with van der Waals surface area (Å²) in [7, 11) is 0. The molecule has 1 aromatic heterocycles. The number of nitrogens with zero attached hydrogens (tertiary/aromatic N) is 2. The van der Waals surface area contributed by atoms with Gasteiger partial charge in [0, 0.05) is 41.8 Å². The van der Waals surface area contributed by atoms with Crippen LogP contribution in [0.1, 0.15) is 18.1 Å². The smallest absolute Gasteiger partial charge is 0.0471 e. The Balaban J connectivity index is 2.11. The highest BCUT2D eigenvalue weighted by Gasteiger charge is 2.10. The molecule has 1 aromatic carbocycles. The molecule has 4 heteroatoms. The standard InChI is InChI=1S/C15H18ClN3/c1-2-19(10-12-6-8-18-9-7-12)11-13-14(16)4-3-5-15(13)17/h3-9H,2,10-11,17H2,1H3. The van der Waals surface area contributed by atoms with Crippen molar-refractivity contribution in [3.8, 4) is 0 Å². The van der Waals surface area contributed by atoms with Crippen LogP contribution < -0.4 is 5.73 Å². The lowest BCUT2D eigenvalue weighted by molar-refractivity contribution is 0.272. The lowest BCUT2D eigenvalue weighted by atomic mass is 10.1. The molecular weight excluding hydrogens is 258 g/mol. The first-order valence-corrected chi connectivity index (χ1v) is 6.72. The molecule has 100 valence electrons. The number of pyridine rings is 1. The molecule has 0 atom stereocenters. The van der Waals surface area contributed by atoms with Crippen LogP contribution in [0.2, 0.25) is 5.02 Å². The highest BCUT2D eigenvalue weighted by molar-refractivity contribution is 6.31. The Hall–Kier alpha value is -1.58. The van der Waals surface area contributed by atoms with Crippen LogP contribution in [-0.2, 0) is 13.1 Å². The second-order valence-corrected chi connectivity index (χ2v) is 4.87. The van der Waals surface area contributed by atoms with Gasteiger partial charge in [-0.05, 0) is 36.4 Å². The molecular formula is C15H18ClN3. The topological polar surface area (TPSA) is 42.2 Å². The van der Waals surface area contributed by atoms with Crippen molar-refractivity contribution in [3.63, 3.8) is 0 Å². The van der Waals surface area contributed by atoms with E-state index in [1.165, 1.54) is 5.56 Å². The Morgan fingerprint density at radius 1 is 1.16 bits per heavy atom. The minimum absolute atomic E-state index is 0.730. The Kier molecular flexibility index (Phi) is 4.77. The minimum Gasteiger partial charge on any atom is -0.398 e. The predicted molar refractivity (Wildman–Crippen MR) is 79.9 cm³/mol. The van der Waals surface area contributed by atoms with Crippen molar-refractivity contribution in [1.29, 1.82) is 0 Å². The zero-order valence-corrected chi connectivity index (χ0v) is 11.8. The van der Waals surface area contributed by atoms with E-state index in [-0.39, 0.29) is 0 Å². The van der Waals surface area contributed by atoms with E-state index in [0.29, 0.717) is 0 Å². The lowest BCUT2D eigenvalue weighted by Gasteiger charge is -2.22. The van der Waals surface area contributed by atoms with Crippen molar-refractivity contribution in [2.24, 2.45) is 0 Å². The van der Waals surface area contributed by atoms with Gasteiger partial charge >= 0.3 is 0 Å². The zero-order chi connectivity index (χ0) is 13.7. The van der Waals surface area contributed by atoms with Gasteiger partial charge in [-0.2, -0.15) is 0 Å². The largest absolute Gasteiger partial charge is 0.398 e. The summed E-state index contributed by atoms with van der Waals surface area (Å²) >= 11 is 6.22. The summed E-state index contributed by atoms with van der Waals surface area (Å²) in [4.78, 5) is 6.33. The van der Waals surface area contributed by atoms with Gasteiger partial charge in [-0.3, -0.25) is 9.88 Å². The van der Waals surface area contributed by atoms with Gasteiger partial charge in [0.1, 0.15) is 0 Å². The third-order valence-electron chi connectivity index (χ3n) is 3.14. The van der Waals surface area contributed by atoms with Crippen molar-refractivity contribution in [3.05, 3.63) is 58.9 Å². The summed E-state index contributed by atoms with van der Waals surface area (Å²) in [6.45, 7) is 4.69. The Morgan fingerprint density at radius 3 is 2.53 bits per heavy atom. The van der Waals surface area contributed by atoms with Gasteiger partial charge in [0.2, 0.25) is 0 Å². The molecule has 0 spiro atoms. The molecule has 2 N–H and O–H groups in total. The van der Waals surface area contributed by atoms with Gasteiger partial charge in [0.15, 0.2) is 0 Å². The molecule has 0 amide bonds. The Bertz CT molecular complexity index is 508. The van der Waals surface area contributed by atoms with Crippen LogP contribution in [0.4, 0.5) is 5.69 Å². The summed E-state index contributed by atoms with van der Waals surface area (Å²) in [5.41, 5.74) is 8.99. The van der Waals surface area contributed by atoms with Gasteiger partial charge in [-0.25, -0.2) is 0 Å². The summed E-state index contributed by atoms with van der Waals surface area (Å²) in [6.07, 6.45) is 3.63. The molecule has 0 aliphatic heterocycles. The number of nitrogen functional groups attached to an aromatic ring is 1. The zero-order valence-electron chi connectivity index (χ0n) is 11.0. The maximum absolute atomic E-state index is 6.22. The predicted octanol–water partition coefficient (Wildman–Crippen LogP) is 3.34. The maximum atomic E-state index is 6.22. The van der Waals surface area contributed by atoms with Gasteiger partial charge in [-0.1, -0.05) is 24.6 Å². The van der Waals surface area contributed by atoms with Crippen LogP contribution in [0.15, 0.2) is 42.7 Å². The molecule has 1 heterocycles. The fourth-order valence-corrected chi connectivity index (χ4v) is 2.23. The normalized spacial score (nSPS) is 10.9. The van der Waals surface area contributed by atoms with E-state index < -0.39 is 0 Å². The van der Waals surface area contributed by atoms with Gasteiger partial charge in [0.25, 0.3) is 0 Å². The summed E-state index contributed by atoms with van der Waals surface area (Å²) < 4.78 is 0. The van der Waals surface area contributed by atoms with Gasteiger partial charge in [0.05, 0.1) is 0 Å². The van der Waals surface area contributed by atoms with Gasteiger partial charge < -0.3 is 5.73 Å². The first-order chi connectivity index (χ1) is 9.20. The highest BCUT2D eigenvalue weighted by Crippen LogP contribution is 2.24. The molecule has 0 aliphatic rings. The minimum atomic E-state index is 0.730. The summed E-state index contributed by atoms with van der Waals surface area (Å²) in [5, 5.41) is 0.730. The van der Waals surface area contributed by atoms with E-state index in [0.717, 1.165) is 35.9 Å². The van der Waals surface area contributed by atoms with Crippen molar-refractivity contribution in [1.82, 2.24) is 9.88 Å². The van der Waals surface area contributed by atoms with Crippen LogP contribution in [-0.4, -0.2) is 16.4 Å². The first kappa shape index (κ1) is 13.8. The molecule has 19 heavy (non-hydrogen) atoms. The fraction of sp³-hybridized carbons (Fsp3) is 0.267. The number of hydrogen-bond acceptors (Lipinski definition) is 3. The quantitative estimate of drug-likeness (QED) is 0.851. The fourth-order valence-electron chi connectivity index (χ4n) is 1.99. The number of nitrogens with two attached hydrogens (primary N) is 1. The number of halogens is 1. The molecule has 0 unspecified atom stereocenters. The number of aromatic nitrogens is 1. The average molecular weight is 276 g/mol. The number of anilines is 1. The van der Waals surface area contributed by atoms with Crippen LogP contribution in [0, 0.1) is 0 Å². The average Bonchev–Trinajstić information content (AvgIpc) is 2.43. The number of rotatable bonds is 5. The molecule has 0 fully saturated rings. The van der Waals surface area contributed by atoms with Crippen molar-refractivity contribution >= 4 is 17.3 Å². The Morgan fingerprint density at radius 2 is 1.89 bits per heavy atom. The molecule has 3 nitrogen and oxygen atoms in total. The SMILES string of the molecule is CCN(Cc1ccncc1)Cc1c(N)cccc1Cl. The summed E-state index contributed by atoms with van der Waals surface area (Å²) in [5.74, 6) is 0. The third kappa shape index (κ3) is 3.69. The van der Waals surface area contributed by atoms with E-state index in [4.69, 9.17) is 17.3 Å². The van der Waals surface area contributed by atoms with Crippen LogP contribution in [0.25, 0.3) is 0 Å².